The number of carbonyl (C=O) groups excluding carboxylic acids is 2. The smallest absolute Gasteiger partial charge is 0.321 e. The van der Waals surface area contributed by atoms with Crippen LogP contribution in [0.4, 0.5) is 4.39 Å². The van der Waals surface area contributed by atoms with E-state index in [1.54, 1.807) is 39.8 Å². The molecule has 116 valence electrons. The van der Waals surface area contributed by atoms with Gasteiger partial charge >= 0.3 is 11.9 Å². The molecule has 0 aliphatic rings. The summed E-state index contributed by atoms with van der Waals surface area (Å²) in [5.41, 5.74) is -0.207. The molecule has 0 heterocycles. The molecule has 0 aromatic heterocycles. The number of ether oxygens (including phenoxy) is 2. The standard InChI is InChI=1S/C16H21FO4/c1-5-20-14(18)13(15(19)21-6-2)16(3,4)11-7-9-12(17)10-8-11/h7-10,13H,5-6H2,1-4H3. The lowest BCUT2D eigenvalue weighted by Gasteiger charge is -2.31. The van der Waals surface area contributed by atoms with Crippen molar-refractivity contribution in [1.82, 2.24) is 0 Å². The molecular formula is C16H21FO4. The first-order valence-corrected chi connectivity index (χ1v) is 6.93. The number of carbonyl (C=O) groups is 2. The maximum Gasteiger partial charge on any atom is 0.321 e. The van der Waals surface area contributed by atoms with Gasteiger partial charge in [-0.1, -0.05) is 26.0 Å². The second-order valence-corrected chi connectivity index (χ2v) is 5.17. The maximum atomic E-state index is 13.1. The van der Waals surface area contributed by atoms with Crippen LogP contribution in [0.1, 0.15) is 33.3 Å². The van der Waals surface area contributed by atoms with Gasteiger partial charge in [-0.25, -0.2) is 4.39 Å². The molecule has 1 aromatic rings. The summed E-state index contributed by atoms with van der Waals surface area (Å²) in [5.74, 6) is -2.74. The fourth-order valence-corrected chi connectivity index (χ4v) is 2.18. The van der Waals surface area contributed by atoms with Crippen LogP contribution in [-0.4, -0.2) is 25.2 Å². The summed E-state index contributed by atoms with van der Waals surface area (Å²) in [6, 6.07) is 5.70. The van der Waals surface area contributed by atoms with Gasteiger partial charge in [-0.15, -0.1) is 0 Å². The van der Waals surface area contributed by atoms with E-state index in [4.69, 9.17) is 9.47 Å². The monoisotopic (exact) mass is 296 g/mol. The Hall–Kier alpha value is -1.91. The normalized spacial score (nSPS) is 11.3. The van der Waals surface area contributed by atoms with Crippen LogP contribution in [0.25, 0.3) is 0 Å². The second kappa shape index (κ2) is 7.20. The van der Waals surface area contributed by atoms with E-state index in [1.807, 2.05) is 0 Å². The number of rotatable bonds is 6. The van der Waals surface area contributed by atoms with Gasteiger partial charge in [0.1, 0.15) is 5.82 Å². The predicted molar refractivity (Wildman–Crippen MR) is 76.2 cm³/mol. The Morgan fingerprint density at radius 3 is 1.86 bits per heavy atom. The van der Waals surface area contributed by atoms with Crippen LogP contribution in [-0.2, 0) is 24.5 Å². The SMILES string of the molecule is CCOC(=O)C(C(=O)OCC)C(C)(C)c1ccc(F)cc1. The number of hydrogen-bond acceptors (Lipinski definition) is 4. The third-order valence-electron chi connectivity index (χ3n) is 3.35. The summed E-state index contributed by atoms with van der Waals surface area (Å²) in [4.78, 5) is 24.3. The van der Waals surface area contributed by atoms with Gasteiger partial charge in [-0.05, 0) is 31.5 Å². The van der Waals surface area contributed by atoms with Crippen molar-refractivity contribution in [2.75, 3.05) is 13.2 Å². The molecule has 1 rings (SSSR count). The molecule has 0 spiro atoms. The Kier molecular flexibility index (Phi) is 5.88. The van der Waals surface area contributed by atoms with Gasteiger partial charge < -0.3 is 9.47 Å². The van der Waals surface area contributed by atoms with Crippen LogP contribution in [0.15, 0.2) is 24.3 Å². The zero-order valence-corrected chi connectivity index (χ0v) is 12.8. The minimum Gasteiger partial charge on any atom is -0.465 e. The van der Waals surface area contributed by atoms with Gasteiger partial charge in [-0.2, -0.15) is 0 Å². The van der Waals surface area contributed by atoms with E-state index in [9.17, 15) is 14.0 Å². The predicted octanol–water partition coefficient (Wildman–Crippen LogP) is 2.85. The molecule has 0 radical (unpaired) electrons. The van der Waals surface area contributed by atoms with Crippen molar-refractivity contribution in [3.05, 3.63) is 35.6 Å². The Bertz CT molecular complexity index is 476. The zero-order valence-electron chi connectivity index (χ0n) is 12.8. The van der Waals surface area contributed by atoms with Gasteiger partial charge in [0, 0.05) is 5.41 Å². The molecule has 4 nitrogen and oxygen atoms in total. The molecule has 0 bridgehead atoms. The molecule has 0 N–H and O–H groups in total. The van der Waals surface area contributed by atoms with Crippen LogP contribution in [0, 0.1) is 11.7 Å². The molecule has 0 amide bonds. The Morgan fingerprint density at radius 1 is 1.05 bits per heavy atom. The quantitative estimate of drug-likeness (QED) is 0.598. The first-order valence-electron chi connectivity index (χ1n) is 6.93. The molecule has 0 atom stereocenters. The van der Waals surface area contributed by atoms with Crippen molar-refractivity contribution in [2.45, 2.75) is 33.1 Å². The van der Waals surface area contributed by atoms with E-state index < -0.39 is 23.3 Å². The van der Waals surface area contributed by atoms with E-state index in [0.717, 1.165) is 0 Å². The van der Waals surface area contributed by atoms with E-state index in [1.165, 1.54) is 12.1 Å². The molecule has 0 aliphatic carbocycles. The van der Waals surface area contributed by atoms with Gasteiger partial charge in [0.25, 0.3) is 0 Å². The summed E-state index contributed by atoms with van der Waals surface area (Å²) in [6.45, 7) is 7.16. The zero-order chi connectivity index (χ0) is 16.0. The van der Waals surface area contributed by atoms with Crippen LogP contribution in [0.3, 0.4) is 0 Å². The summed E-state index contributed by atoms with van der Waals surface area (Å²) in [6.07, 6.45) is 0. The first kappa shape index (κ1) is 17.1. The average molecular weight is 296 g/mol. The fourth-order valence-electron chi connectivity index (χ4n) is 2.18. The Morgan fingerprint density at radius 2 is 1.48 bits per heavy atom. The molecule has 0 fully saturated rings. The van der Waals surface area contributed by atoms with Crippen molar-refractivity contribution in [2.24, 2.45) is 5.92 Å². The lowest BCUT2D eigenvalue weighted by Crippen LogP contribution is -2.42. The highest BCUT2D eigenvalue weighted by Gasteiger charge is 2.44. The van der Waals surface area contributed by atoms with Crippen LogP contribution >= 0.6 is 0 Å². The van der Waals surface area contributed by atoms with Crippen LogP contribution in [0.5, 0.6) is 0 Å². The maximum absolute atomic E-state index is 13.1. The highest BCUT2D eigenvalue weighted by molar-refractivity contribution is 5.96. The van der Waals surface area contributed by atoms with Crippen molar-refractivity contribution in [3.63, 3.8) is 0 Å². The molecule has 0 aliphatic heterocycles. The molecule has 0 unspecified atom stereocenters. The second-order valence-electron chi connectivity index (χ2n) is 5.17. The third-order valence-corrected chi connectivity index (χ3v) is 3.35. The van der Waals surface area contributed by atoms with Crippen molar-refractivity contribution in [3.8, 4) is 0 Å². The van der Waals surface area contributed by atoms with Gasteiger partial charge in [0.05, 0.1) is 13.2 Å². The topological polar surface area (TPSA) is 52.6 Å². The van der Waals surface area contributed by atoms with E-state index >= 15 is 0 Å². The number of benzene rings is 1. The summed E-state index contributed by atoms with van der Waals surface area (Å²) >= 11 is 0. The highest BCUT2D eigenvalue weighted by atomic mass is 19.1. The summed E-state index contributed by atoms with van der Waals surface area (Å²) in [5, 5.41) is 0. The highest BCUT2D eigenvalue weighted by Crippen LogP contribution is 2.33. The number of esters is 2. The largest absolute Gasteiger partial charge is 0.465 e. The number of hydrogen-bond donors (Lipinski definition) is 0. The minimum atomic E-state index is -1.09. The Labute approximate surface area is 124 Å². The molecule has 0 saturated carbocycles. The molecule has 5 heteroatoms. The molecule has 0 saturated heterocycles. The lowest BCUT2D eigenvalue weighted by atomic mass is 9.73. The minimum absolute atomic E-state index is 0.175. The van der Waals surface area contributed by atoms with E-state index in [0.29, 0.717) is 5.56 Å². The van der Waals surface area contributed by atoms with Crippen molar-refractivity contribution >= 4 is 11.9 Å². The molecule has 21 heavy (non-hydrogen) atoms. The van der Waals surface area contributed by atoms with Crippen LogP contribution < -0.4 is 0 Å². The van der Waals surface area contributed by atoms with E-state index in [2.05, 4.69) is 0 Å². The molecular weight excluding hydrogens is 275 g/mol. The number of halogens is 1. The van der Waals surface area contributed by atoms with Crippen LogP contribution in [0.2, 0.25) is 0 Å². The van der Waals surface area contributed by atoms with Crippen molar-refractivity contribution < 1.29 is 23.5 Å². The molecule has 1 aromatic carbocycles. The summed E-state index contributed by atoms with van der Waals surface area (Å²) in [7, 11) is 0. The van der Waals surface area contributed by atoms with Gasteiger partial charge in [0.15, 0.2) is 5.92 Å². The van der Waals surface area contributed by atoms with Gasteiger partial charge in [0.2, 0.25) is 0 Å². The van der Waals surface area contributed by atoms with E-state index in [-0.39, 0.29) is 19.0 Å². The third kappa shape index (κ3) is 4.03. The van der Waals surface area contributed by atoms with Gasteiger partial charge in [-0.3, -0.25) is 9.59 Å². The lowest BCUT2D eigenvalue weighted by molar-refractivity contribution is -0.164. The first-order chi connectivity index (χ1) is 9.84. The average Bonchev–Trinajstić information content (AvgIpc) is 2.39. The fraction of sp³-hybridized carbons (Fsp3) is 0.500. The summed E-state index contributed by atoms with van der Waals surface area (Å²) < 4.78 is 23.0. The van der Waals surface area contributed by atoms with Crippen molar-refractivity contribution in [1.29, 1.82) is 0 Å². The Balaban J connectivity index is 3.18.